The lowest BCUT2D eigenvalue weighted by molar-refractivity contribution is 0.734. The van der Waals surface area contributed by atoms with Crippen LogP contribution in [-0.4, -0.2) is 9.38 Å². The fourth-order valence-electron chi connectivity index (χ4n) is 2.68. The van der Waals surface area contributed by atoms with Gasteiger partial charge in [0.15, 0.2) is 0 Å². The Morgan fingerprint density at radius 3 is 2.59 bits per heavy atom. The third-order valence-electron chi connectivity index (χ3n) is 4.27. The Morgan fingerprint density at radius 1 is 1.23 bits per heavy atom. The highest BCUT2D eigenvalue weighted by Crippen LogP contribution is 2.32. The largest absolute Gasteiger partial charge is 0.281 e. The van der Waals surface area contributed by atoms with Crippen molar-refractivity contribution < 1.29 is 0 Å². The number of nitrogens with zero attached hydrogens (tertiary/aromatic N) is 3. The third-order valence-corrected chi connectivity index (χ3v) is 4.27. The standard InChI is InChI=1S/C18H19N3O/c1-4-12(2)14-7-9-15(10-8-14)16-18(20-22)21-11-5-6-13(3)17(21)19-16/h5-12H,4H2,1-3H3. The van der Waals surface area contributed by atoms with Gasteiger partial charge in [0, 0.05) is 11.8 Å². The number of aryl methyl sites for hydroxylation is 1. The first-order chi connectivity index (χ1) is 10.7. The van der Waals surface area contributed by atoms with Crippen molar-refractivity contribution in [2.75, 3.05) is 0 Å². The monoisotopic (exact) mass is 293 g/mol. The molecule has 0 bridgehead atoms. The van der Waals surface area contributed by atoms with Crippen LogP contribution < -0.4 is 0 Å². The molecular weight excluding hydrogens is 274 g/mol. The third kappa shape index (κ3) is 2.30. The van der Waals surface area contributed by atoms with E-state index in [0.717, 1.165) is 23.2 Å². The summed E-state index contributed by atoms with van der Waals surface area (Å²) >= 11 is 0. The summed E-state index contributed by atoms with van der Waals surface area (Å²) < 4.78 is 1.75. The first-order valence-corrected chi connectivity index (χ1v) is 7.57. The number of hydrogen-bond acceptors (Lipinski definition) is 3. The molecule has 0 fully saturated rings. The SMILES string of the molecule is CCC(C)c1ccc(-c2nc3c(C)cccn3c2N=O)cc1. The van der Waals surface area contributed by atoms with Crippen LogP contribution >= 0.6 is 0 Å². The van der Waals surface area contributed by atoms with Gasteiger partial charge in [-0.2, -0.15) is 0 Å². The average molecular weight is 293 g/mol. The van der Waals surface area contributed by atoms with Crippen LogP contribution in [0.5, 0.6) is 0 Å². The summed E-state index contributed by atoms with van der Waals surface area (Å²) in [5.74, 6) is 0.885. The summed E-state index contributed by atoms with van der Waals surface area (Å²) in [7, 11) is 0. The van der Waals surface area contributed by atoms with Crippen LogP contribution in [0.25, 0.3) is 16.9 Å². The van der Waals surface area contributed by atoms with Crippen molar-refractivity contribution in [3.8, 4) is 11.3 Å². The Morgan fingerprint density at radius 2 is 1.95 bits per heavy atom. The second-order valence-electron chi connectivity index (χ2n) is 5.69. The van der Waals surface area contributed by atoms with Crippen LogP contribution in [-0.2, 0) is 0 Å². The van der Waals surface area contributed by atoms with E-state index in [0.29, 0.717) is 17.4 Å². The number of benzene rings is 1. The molecule has 4 nitrogen and oxygen atoms in total. The number of aromatic nitrogens is 2. The Kier molecular flexibility index (Phi) is 3.75. The predicted molar refractivity (Wildman–Crippen MR) is 89.5 cm³/mol. The Labute approximate surface area is 129 Å². The Bertz CT molecular complexity index is 818. The fourth-order valence-corrected chi connectivity index (χ4v) is 2.68. The first kappa shape index (κ1) is 14.4. The zero-order valence-corrected chi connectivity index (χ0v) is 13.1. The van der Waals surface area contributed by atoms with Gasteiger partial charge >= 0.3 is 0 Å². The summed E-state index contributed by atoms with van der Waals surface area (Å²) in [5.41, 5.74) is 4.66. The van der Waals surface area contributed by atoms with Gasteiger partial charge in [0.25, 0.3) is 0 Å². The lowest BCUT2D eigenvalue weighted by Gasteiger charge is -2.09. The Balaban J connectivity index is 2.13. The molecule has 0 aliphatic carbocycles. The molecule has 0 amide bonds. The molecule has 1 aromatic carbocycles. The molecule has 1 unspecified atom stereocenters. The van der Waals surface area contributed by atoms with E-state index in [2.05, 4.69) is 36.1 Å². The van der Waals surface area contributed by atoms with E-state index in [1.54, 1.807) is 4.40 Å². The number of nitroso groups, excluding NO2 is 1. The van der Waals surface area contributed by atoms with Crippen LogP contribution in [0, 0.1) is 11.8 Å². The molecule has 0 radical (unpaired) electrons. The smallest absolute Gasteiger partial charge is 0.209 e. The van der Waals surface area contributed by atoms with Crippen molar-refractivity contribution in [1.82, 2.24) is 9.38 Å². The molecule has 0 aliphatic heterocycles. The van der Waals surface area contributed by atoms with Gasteiger partial charge in [-0.1, -0.05) is 44.2 Å². The highest BCUT2D eigenvalue weighted by Gasteiger charge is 2.16. The summed E-state index contributed by atoms with van der Waals surface area (Å²) in [5, 5.41) is 3.20. The molecule has 0 saturated carbocycles. The van der Waals surface area contributed by atoms with Gasteiger partial charge in [0.2, 0.25) is 5.82 Å². The molecule has 2 heterocycles. The highest BCUT2D eigenvalue weighted by atomic mass is 16.3. The van der Waals surface area contributed by atoms with Crippen LogP contribution in [0.2, 0.25) is 0 Å². The molecule has 0 aliphatic rings. The second kappa shape index (κ2) is 5.72. The predicted octanol–water partition coefficient (Wildman–Crippen LogP) is 5.22. The van der Waals surface area contributed by atoms with Gasteiger partial charge in [-0.3, -0.25) is 4.40 Å². The van der Waals surface area contributed by atoms with Crippen molar-refractivity contribution in [3.05, 3.63) is 58.6 Å². The molecule has 22 heavy (non-hydrogen) atoms. The van der Waals surface area contributed by atoms with Crippen LogP contribution in [0.15, 0.2) is 47.8 Å². The van der Waals surface area contributed by atoms with Crippen molar-refractivity contribution in [2.24, 2.45) is 5.18 Å². The molecule has 0 spiro atoms. The molecule has 0 saturated heterocycles. The summed E-state index contributed by atoms with van der Waals surface area (Å²) in [6.07, 6.45) is 2.93. The molecule has 2 aromatic heterocycles. The number of rotatable bonds is 4. The van der Waals surface area contributed by atoms with Crippen LogP contribution in [0.1, 0.15) is 37.3 Å². The molecule has 1 atom stereocenters. The molecule has 3 rings (SSSR count). The fraction of sp³-hybridized carbons (Fsp3) is 0.278. The van der Waals surface area contributed by atoms with E-state index in [1.165, 1.54) is 5.56 Å². The zero-order chi connectivity index (χ0) is 15.7. The van der Waals surface area contributed by atoms with E-state index < -0.39 is 0 Å². The second-order valence-corrected chi connectivity index (χ2v) is 5.69. The topological polar surface area (TPSA) is 46.7 Å². The van der Waals surface area contributed by atoms with Crippen LogP contribution in [0.3, 0.4) is 0 Å². The van der Waals surface area contributed by atoms with E-state index in [-0.39, 0.29) is 0 Å². The lowest BCUT2D eigenvalue weighted by Crippen LogP contribution is -1.90. The van der Waals surface area contributed by atoms with Gasteiger partial charge in [0.05, 0.1) is 0 Å². The van der Waals surface area contributed by atoms with Crippen molar-refractivity contribution in [1.29, 1.82) is 0 Å². The van der Waals surface area contributed by atoms with E-state index in [4.69, 9.17) is 0 Å². The Hall–Kier alpha value is -2.49. The normalized spacial score (nSPS) is 12.5. The van der Waals surface area contributed by atoms with Crippen molar-refractivity contribution in [3.63, 3.8) is 0 Å². The molecule has 0 N–H and O–H groups in total. The lowest BCUT2D eigenvalue weighted by atomic mass is 9.97. The minimum atomic E-state index is 0.356. The maximum absolute atomic E-state index is 11.3. The molecule has 3 aromatic rings. The number of hydrogen-bond donors (Lipinski definition) is 0. The quantitative estimate of drug-likeness (QED) is 0.619. The average Bonchev–Trinajstić information content (AvgIpc) is 2.94. The minimum absolute atomic E-state index is 0.356. The van der Waals surface area contributed by atoms with E-state index in [1.807, 2.05) is 37.4 Å². The minimum Gasteiger partial charge on any atom is -0.281 e. The van der Waals surface area contributed by atoms with E-state index in [9.17, 15) is 4.91 Å². The number of fused-ring (bicyclic) bond motifs is 1. The number of pyridine rings is 1. The van der Waals surface area contributed by atoms with Crippen LogP contribution in [0.4, 0.5) is 5.82 Å². The summed E-state index contributed by atoms with van der Waals surface area (Å²) in [6, 6.07) is 12.1. The van der Waals surface area contributed by atoms with Gasteiger partial charge in [0.1, 0.15) is 11.3 Å². The molecule has 112 valence electrons. The first-order valence-electron chi connectivity index (χ1n) is 7.57. The van der Waals surface area contributed by atoms with Gasteiger partial charge in [-0.15, -0.1) is 4.91 Å². The molecular formula is C18H19N3O. The van der Waals surface area contributed by atoms with Gasteiger partial charge < -0.3 is 0 Å². The summed E-state index contributed by atoms with van der Waals surface area (Å²) in [6.45, 7) is 6.37. The maximum atomic E-state index is 11.3. The molecule has 4 heteroatoms. The zero-order valence-electron chi connectivity index (χ0n) is 13.1. The highest BCUT2D eigenvalue weighted by molar-refractivity contribution is 5.75. The van der Waals surface area contributed by atoms with Crippen molar-refractivity contribution >= 4 is 11.5 Å². The van der Waals surface area contributed by atoms with E-state index >= 15 is 0 Å². The van der Waals surface area contributed by atoms with Gasteiger partial charge in [-0.25, -0.2) is 4.98 Å². The van der Waals surface area contributed by atoms with Crippen molar-refractivity contribution in [2.45, 2.75) is 33.1 Å². The number of imidazole rings is 1. The van der Waals surface area contributed by atoms with Gasteiger partial charge in [-0.05, 0) is 41.6 Å². The maximum Gasteiger partial charge on any atom is 0.209 e. The summed E-state index contributed by atoms with van der Waals surface area (Å²) in [4.78, 5) is 15.9.